The minimum Gasteiger partial charge on any atom is -0.481 e. The Morgan fingerprint density at radius 2 is 1.44 bits per heavy atom. The Kier molecular flexibility index (Phi) is 22.3. The zero-order valence-corrected chi connectivity index (χ0v) is 55.2. The van der Waals surface area contributed by atoms with Crippen molar-refractivity contribution in [2.24, 2.45) is 11.8 Å². The molecule has 0 spiro atoms. The number of hydrogen-bond donors (Lipinski definition) is 9. The first-order chi connectivity index (χ1) is 45.2. The Hall–Kier alpha value is -8.90. The highest BCUT2D eigenvalue weighted by Crippen LogP contribution is 2.41. The van der Waals surface area contributed by atoms with Crippen LogP contribution in [0.15, 0.2) is 64.0 Å². The molecule has 0 saturated heterocycles. The van der Waals surface area contributed by atoms with Crippen LogP contribution in [-0.4, -0.2) is 142 Å². The molecule has 1 unspecified atom stereocenters. The van der Waals surface area contributed by atoms with Gasteiger partial charge < -0.3 is 51.2 Å². The predicted octanol–water partition coefficient (Wildman–Crippen LogP) is 8.76. The first-order valence-corrected chi connectivity index (χ1v) is 34.5. The highest BCUT2D eigenvalue weighted by Gasteiger charge is 2.34. The molecule has 94 heavy (non-hydrogen) atoms. The highest BCUT2D eigenvalue weighted by atomic mass is 32.1. The number of aryl methyl sites for hydroxylation is 1. The number of ether oxygens (including phenoxy) is 2. The minimum atomic E-state index is -1.33. The number of nitrogens with one attached hydrogen (secondary N) is 5. The predicted molar refractivity (Wildman–Crippen MR) is 349 cm³/mol. The van der Waals surface area contributed by atoms with Gasteiger partial charge in [-0.25, -0.2) is 39.7 Å². The standard InChI is InChI=1S/C60H61N13O15S6/c1-28-44-51(81)72-59-71-46(39(94-59)23-87-3)50(80)62-22-42(75)69-47(48(78)29-9-5-4-6-10-29)56-67-38(26-91-56)54-65-36(24-90-54)45-33(52-66-37(25-89-52)49(79)64-35(21-41(74)61-2)55(70-44)93-28)17-18-34(63-45)53-68-40(27-92-53)73(20-8-7-11-30(57(82)83)14-19-43(76)77)60(86)88-32-15-12-31(13-16-32)58(84)85/h4-6,9-10,17-18,24-27,30-32,35,47-48,78H,7-8,11-16,19-23H2,1-3H3,(H,61,74)(H,62,80)(H,64,79)(H,69,75)(H,76,77)(H,82,83)(H,84,85)(H,71,72,81)/t30?,31?,32?,35-,47-,48-/m0/s1. The van der Waals surface area contributed by atoms with Gasteiger partial charge in [0.25, 0.3) is 17.7 Å². The van der Waals surface area contributed by atoms with E-state index in [1.807, 2.05) is 0 Å². The van der Waals surface area contributed by atoms with Gasteiger partial charge in [0.05, 0.1) is 48.0 Å². The zero-order valence-electron chi connectivity index (χ0n) is 50.3. The Morgan fingerprint density at radius 3 is 2.17 bits per heavy atom. The molecule has 4 atom stereocenters. The number of benzene rings is 1. The fourth-order valence-electron chi connectivity index (χ4n) is 10.3. The maximum atomic E-state index is 14.4. The number of methoxy groups -OCH3 is 1. The van der Waals surface area contributed by atoms with Crippen molar-refractivity contribution >= 4 is 133 Å². The van der Waals surface area contributed by atoms with E-state index in [1.54, 1.807) is 65.5 Å². The molecule has 1 saturated carbocycles. The van der Waals surface area contributed by atoms with Crippen LogP contribution >= 0.6 is 68.0 Å². The molecular formula is C60H61N13O15S6. The first-order valence-electron chi connectivity index (χ1n) is 29.3. The molecule has 7 aromatic heterocycles. The summed E-state index contributed by atoms with van der Waals surface area (Å²) in [6.45, 7) is 1.03. The van der Waals surface area contributed by atoms with Crippen LogP contribution < -0.4 is 31.5 Å². The van der Waals surface area contributed by atoms with Gasteiger partial charge in [0.1, 0.15) is 83.3 Å². The van der Waals surface area contributed by atoms with E-state index in [-0.39, 0.29) is 89.0 Å². The number of aliphatic hydroxyl groups excluding tert-OH is 1. The molecule has 9 N–H and O–H groups in total. The molecule has 1 fully saturated rings. The third-order valence-electron chi connectivity index (χ3n) is 15.2. The molecule has 492 valence electrons. The topological polar surface area (TPSA) is 407 Å². The van der Waals surface area contributed by atoms with Gasteiger partial charge in [-0.1, -0.05) is 48.1 Å². The number of fused-ring (bicyclic) bond motifs is 14. The smallest absolute Gasteiger partial charge is 0.415 e. The summed E-state index contributed by atoms with van der Waals surface area (Å²) >= 11 is 6.67. The second-order valence-electron chi connectivity index (χ2n) is 21.7. The molecule has 10 rings (SSSR count). The molecule has 10 bridgehead atoms. The highest BCUT2D eigenvalue weighted by molar-refractivity contribution is 7.16. The molecule has 8 heterocycles. The van der Waals surface area contributed by atoms with Crippen LogP contribution in [0.2, 0.25) is 0 Å². The monoisotopic (exact) mass is 1400 g/mol. The van der Waals surface area contributed by atoms with Crippen molar-refractivity contribution in [2.45, 2.75) is 102 Å². The number of carbonyl (C=O) groups is 9. The van der Waals surface area contributed by atoms with Crippen molar-refractivity contribution in [1.29, 1.82) is 0 Å². The molecular weight excluding hydrogens is 1340 g/mol. The lowest BCUT2D eigenvalue weighted by Crippen LogP contribution is -2.40. The number of carboxylic acids is 3. The summed E-state index contributed by atoms with van der Waals surface area (Å²) in [5.74, 6) is -7.75. The molecule has 8 aromatic rings. The lowest BCUT2D eigenvalue weighted by Gasteiger charge is -2.28. The van der Waals surface area contributed by atoms with Gasteiger partial charge in [0.2, 0.25) is 11.8 Å². The van der Waals surface area contributed by atoms with Crippen LogP contribution in [0, 0.1) is 18.8 Å². The van der Waals surface area contributed by atoms with Gasteiger partial charge in [0, 0.05) is 59.1 Å². The number of aromatic nitrogens is 7. The van der Waals surface area contributed by atoms with Crippen molar-refractivity contribution < 1.29 is 73.1 Å². The quantitative estimate of drug-likeness (QED) is 0.0341. The number of amides is 6. The van der Waals surface area contributed by atoms with Crippen molar-refractivity contribution in [3.63, 3.8) is 0 Å². The van der Waals surface area contributed by atoms with Crippen molar-refractivity contribution in [2.75, 3.05) is 37.5 Å². The van der Waals surface area contributed by atoms with E-state index in [2.05, 4.69) is 36.6 Å². The largest absolute Gasteiger partial charge is 0.481 e. The molecule has 1 aliphatic heterocycles. The molecule has 1 aromatic carbocycles. The van der Waals surface area contributed by atoms with E-state index in [0.717, 1.165) is 56.7 Å². The zero-order chi connectivity index (χ0) is 66.7. The van der Waals surface area contributed by atoms with Crippen LogP contribution in [0.25, 0.3) is 43.4 Å². The molecule has 28 nitrogen and oxygen atoms in total. The second kappa shape index (κ2) is 30.9. The average Bonchev–Trinajstić information content (AvgIpc) is 1.60. The maximum absolute atomic E-state index is 14.4. The number of anilines is 2. The lowest BCUT2D eigenvalue weighted by molar-refractivity contribution is -0.144. The Morgan fingerprint density at radius 1 is 0.713 bits per heavy atom. The molecule has 34 heteroatoms. The number of hydrogen-bond acceptors (Lipinski definition) is 25. The summed E-state index contributed by atoms with van der Waals surface area (Å²) in [6.07, 6.45) is -1.28. The van der Waals surface area contributed by atoms with Gasteiger partial charge in [-0.3, -0.25) is 48.6 Å². The summed E-state index contributed by atoms with van der Waals surface area (Å²) in [6, 6.07) is 9.83. The Bertz CT molecular complexity index is 4120. The summed E-state index contributed by atoms with van der Waals surface area (Å²) in [5, 5.41) is 62.3. The lowest BCUT2D eigenvalue weighted by atomic mass is 9.87. The second-order valence-corrected chi connectivity index (χ2v) is 27.5. The Labute approximate surface area is 559 Å². The van der Waals surface area contributed by atoms with Gasteiger partial charge in [0.15, 0.2) is 5.13 Å². The van der Waals surface area contributed by atoms with Gasteiger partial charge in [-0.2, -0.15) is 0 Å². The fourth-order valence-corrected chi connectivity index (χ4v) is 15.5. The molecule has 1 aliphatic carbocycles. The van der Waals surface area contributed by atoms with E-state index < -0.39 is 96.2 Å². The van der Waals surface area contributed by atoms with E-state index in [9.17, 15) is 63.6 Å². The number of unbranched alkanes of at least 4 members (excludes halogenated alkanes) is 1. The van der Waals surface area contributed by atoms with E-state index >= 15 is 0 Å². The number of carbonyl (C=O) groups excluding carboxylic acids is 6. The van der Waals surface area contributed by atoms with E-state index in [0.29, 0.717) is 85.1 Å². The van der Waals surface area contributed by atoms with Gasteiger partial charge in [-0.15, -0.1) is 56.7 Å². The number of aliphatic hydroxyl groups is 1. The number of carboxylic acid groups (broad SMARTS) is 3. The van der Waals surface area contributed by atoms with E-state index in [4.69, 9.17) is 34.4 Å². The SMILES string of the molecule is CNC(=O)C[C@@H]1NC(=O)c2csc(n2)-c2ccc(-c3nc(N(CCCCC(CCC(=O)O)C(=O)O)C(=O)OC4CCC(C(=O)O)CC4)cs3)nc2-c2csc(n2)-c2csc(n2)[C@H]([C@@H](O)c2ccccc2)NC(=O)CNC(=O)c2nc(sc2COC)NC(=O)c2nc1sc2C. The van der Waals surface area contributed by atoms with Gasteiger partial charge in [-0.05, 0) is 69.6 Å². The summed E-state index contributed by atoms with van der Waals surface area (Å²) in [5.41, 5.74) is 1.99. The van der Waals surface area contributed by atoms with Gasteiger partial charge >= 0.3 is 24.0 Å². The number of aliphatic carboxylic acids is 3. The molecule has 0 radical (unpaired) electrons. The summed E-state index contributed by atoms with van der Waals surface area (Å²) in [7, 11) is 2.85. The third-order valence-corrected chi connectivity index (χ3v) is 20.8. The minimum absolute atomic E-state index is 0.0106. The first kappa shape index (κ1) is 68.0. The summed E-state index contributed by atoms with van der Waals surface area (Å²) in [4.78, 5) is 154. The number of pyridine rings is 1. The third kappa shape index (κ3) is 16.5. The fraction of sp³-hybridized carbons (Fsp3) is 0.367. The van der Waals surface area contributed by atoms with E-state index in [1.165, 1.54) is 35.8 Å². The number of rotatable bonds is 19. The average molecular weight is 1400 g/mol. The van der Waals surface area contributed by atoms with Crippen molar-refractivity contribution in [3.05, 3.63) is 106 Å². The molecule has 2 aliphatic rings. The normalized spacial score (nSPS) is 17.6. The number of nitrogens with zero attached hydrogens (tertiary/aromatic N) is 8. The van der Waals surface area contributed by atoms with Crippen molar-refractivity contribution in [1.82, 2.24) is 56.2 Å². The summed E-state index contributed by atoms with van der Waals surface area (Å²) < 4.78 is 11.3. The van der Waals surface area contributed by atoms with Crippen LogP contribution in [0.3, 0.4) is 0 Å². The Balaban J connectivity index is 1.02. The van der Waals surface area contributed by atoms with Crippen LogP contribution in [0.1, 0.15) is 139 Å². The van der Waals surface area contributed by atoms with Crippen LogP contribution in [0.5, 0.6) is 0 Å². The van der Waals surface area contributed by atoms with Crippen LogP contribution in [0.4, 0.5) is 15.7 Å². The van der Waals surface area contributed by atoms with Crippen LogP contribution in [-0.2, 0) is 40.1 Å². The van der Waals surface area contributed by atoms with Crippen molar-refractivity contribution in [3.8, 4) is 43.4 Å². The number of thiazole rings is 6. The maximum Gasteiger partial charge on any atom is 0.415 e. The molecule has 6 amide bonds.